The minimum Gasteiger partial charge on any atom is -0.340 e. The number of nitrogens with zero attached hydrogens (tertiary/aromatic N) is 6. The number of aromatic nitrogens is 5. The molecule has 1 aliphatic heterocycles. The van der Waals surface area contributed by atoms with E-state index in [4.69, 9.17) is 0 Å². The molecule has 0 N–H and O–H groups in total. The highest BCUT2D eigenvalue weighted by molar-refractivity contribution is 9.10. The lowest BCUT2D eigenvalue weighted by atomic mass is 10.3. The third-order valence-corrected chi connectivity index (χ3v) is 4.66. The predicted molar refractivity (Wildman–Crippen MR) is 90.6 cm³/mol. The maximum Gasteiger partial charge on any atom is 0.262 e. The summed E-state index contributed by atoms with van der Waals surface area (Å²) in [5.74, 6) is 0.684. The quantitative estimate of drug-likeness (QED) is 0.683. The average molecular weight is 375 g/mol. The fourth-order valence-electron chi connectivity index (χ4n) is 3.05. The number of hydrogen-bond acceptors (Lipinski definition) is 5. The highest BCUT2D eigenvalue weighted by Gasteiger charge is 2.27. The first-order valence-electron chi connectivity index (χ1n) is 7.39. The van der Waals surface area contributed by atoms with E-state index in [2.05, 4.69) is 35.9 Å². The zero-order valence-corrected chi connectivity index (χ0v) is 14.1. The molecule has 23 heavy (non-hydrogen) atoms. The van der Waals surface area contributed by atoms with Gasteiger partial charge in [0.15, 0.2) is 0 Å². The molecule has 4 rings (SSSR count). The van der Waals surface area contributed by atoms with E-state index in [1.54, 1.807) is 36.3 Å². The van der Waals surface area contributed by atoms with Crippen molar-refractivity contribution >= 4 is 32.8 Å². The Hall–Kier alpha value is -2.22. The summed E-state index contributed by atoms with van der Waals surface area (Å²) in [6.07, 6.45) is 7.99. The van der Waals surface area contributed by atoms with Crippen molar-refractivity contribution in [2.24, 2.45) is 7.05 Å². The van der Waals surface area contributed by atoms with Crippen molar-refractivity contribution < 1.29 is 0 Å². The number of anilines is 1. The summed E-state index contributed by atoms with van der Waals surface area (Å²) in [6, 6.07) is 1.99. The number of pyridine rings is 1. The summed E-state index contributed by atoms with van der Waals surface area (Å²) in [6.45, 7) is 1.62. The minimum absolute atomic E-state index is 0.0438. The van der Waals surface area contributed by atoms with Gasteiger partial charge in [0.25, 0.3) is 5.56 Å². The SMILES string of the molecule is Cn1c(N2CCC(n3cc(Br)cn3)C2)nc2cnccc2c1=O. The lowest BCUT2D eigenvalue weighted by molar-refractivity contribution is 0.493. The predicted octanol–water partition coefficient (Wildman–Crippen LogP) is 1.74. The Balaban J connectivity index is 1.70. The number of halogens is 1. The van der Waals surface area contributed by atoms with Gasteiger partial charge in [-0.15, -0.1) is 0 Å². The van der Waals surface area contributed by atoms with E-state index in [0.717, 1.165) is 24.0 Å². The highest BCUT2D eigenvalue weighted by Crippen LogP contribution is 2.26. The Morgan fingerprint density at radius 3 is 3.00 bits per heavy atom. The molecule has 1 atom stereocenters. The van der Waals surface area contributed by atoms with Crippen LogP contribution in [0.3, 0.4) is 0 Å². The van der Waals surface area contributed by atoms with Crippen LogP contribution in [0.1, 0.15) is 12.5 Å². The van der Waals surface area contributed by atoms with Crippen molar-refractivity contribution in [2.45, 2.75) is 12.5 Å². The van der Waals surface area contributed by atoms with Crippen LogP contribution < -0.4 is 10.5 Å². The van der Waals surface area contributed by atoms with E-state index in [9.17, 15) is 4.79 Å². The molecule has 0 aromatic carbocycles. The zero-order valence-electron chi connectivity index (χ0n) is 12.6. The zero-order chi connectivity index (χ0) is 16.0. The van der Waals surface area contributed by atoms with Crippen molar-refractivity contribution in [3.05, 3.63) is 45.7 Å². The van der Waals surface area contributed by atoms with Crippen LogP contribution in [0.25, 0.3) is 10.9 Å². The molecule has 1 saturated heterocycles. The molecule has 4 heterocycles. The molecule has 0 aliphatic carbocycles. The van der Waals surface area contributed by atoms with Gasteiger partial charge in [-0.3, -0.25) is 19.0 Å². The average Bonchev–Trinajstić information content (AvgIpc) is 3.20. The van der Waals surface area contributed by atoms with Crippen LogP contribution in [0.5, 0.6) is 0 Å². The summed E-state index contributed by atoms with van der Waals surface area (Å²) < 4.78 is 4.55. The van der Waals surface area contributed by atoms with Gasteiger partial charge in [-0.05, 0) is 28.4 Å². The van der Waals surface area contributed by atoms with Crippen molar-refractivity contribution in [3.8, 4) is 0 Å². The highest BCUT2D eigenvalue weighted by atomic mass is 79.9. The van der Waals surface area contributed by atoms with Gasteiger partial charge in [0.05, 0.1) is 33.8 Å². The van der Waals surface area contributed by atoms with Crippen molar-refractivity contribution in [2.75, 3.05) is 18.0 Å². The lowest BCUT2D eigenvalue weighted by Crippen LogP contribution is -2.30. The van der Waals surface area contributed by atoms with Crippen molar-refractivity contribution in [1.82, 2.24) is 24.3 Å². The second kappa shape index (κ2) is 5.45. The molecule has 0 saturated carbocycles. The van der Waals surface area contributed by atoms with Crippen LogP contribution in [-0.2, 0) is 7.05 Å². The first-order chi connectivity index (χ1) is 11.1. The van der Waals surface area contributed by atoms with E-state index in [0.29, 0.717) is 16.9 Å². The van der Waals surface area contributed by atoms with E-state index in [-0.39, 0.29) is 11.6 Å². The topological polar surface area (TPSA) is 68.8 Å². The molecule has 118 valence electrons. The second-order valence-corrected chi connectivity index (χ2v) is 6.61. The molecular formula is C15H15BrN6O. The second-order valence-electron chi connectivity index (χ2n) is 5.70. The molecular weight excluding hydrogens is 360 g/mol. The van der Waals surface area contributed by atoms with Crippen molar-refractivity contribution in [3.63, 3.8) is 0 Å². The van der Waals surface area contributed by atoms with Crippen LogP contribution in [0.4, 0.5) is 5.95 Å². The van der Waals surface area contributed by atoms with Gasteiger partial charge in [0.1, 0.15) is 0 Å². The lowest BCUT2D eigenvalue weighted by Gasteiger charge is -2.20. The fraction of sp³-hybridized carbons (Fsp3) is 0.333. The van der Waals surface area contributed by atoms with Gasteiger partial charge in [-0.2, -0.15) is 5.10 Å². The van der Waals surface area contributed by atoms with Gasteiger partial charge in [0.2, 0.25) is 5.95 Å². The molecule has 0 spiro atoms. The van der Waals surface area contributed by atoms with Crippen LogP contribution in [-0.4, -0.2) is 37.4 Å². The van der Waals surface area contributed by atoms with Gasteiger partial charge < -0.3 is 4.90 Å². The van der Waals surface area contributed by atoms with Crippen LogP contribution in [0, 0.1) is 0 Å². The molecule has 0 radical (unpaired) electrons. The van der Waals surface area contributed by atoms with Gasteiger partial charge in [-0.25, -0.2) is 4.98 Å². The van der Waals surface area contributed by atoms with Crippen molar-refractivity contribution in [1.29, 1.82) is 0 Å². The molecule has 1 fully saturated rings. The van der Waals surface area contributed by atoms with Crippen LogP contribution in [0.2, 0.25) is 0 Å². The molecule has 3 aromatic heterocycles. The monoisotopic (exact) mass is 374 g/mol. The van der Waals surface area contributed by atoms with Gasteiger partial charge in [-0.1, -0.05) is 0 Å². The molecule has 3 aromatic rings. The molecule has 1 aliphatic rings. The Bertz CT molecular complexity index is 933. The summed E-state index contributed by atoms with van der Waals surface area (Å²) in [5, 5.41) is 4.96. The maximum absolute atomic E-state index is 12.5. The third kappa shape index (κ3) is 2.42. The van der Waals surface area contributed by atoms with E-state index in [1.165, 1.54) is 0 Å². The normalized spacial score (nSPS) is 18.0. The third-order valence-electron chi connectivity index (χ3n) is 4.25. The number of hydrogen-bond donors (Lipinski definition) is 0. The van der Waals surface area contributed by atoms with Gasteiger partial charge in [0, 0.05) is 32.5 Å². The molecule has 1 unspecified atom stereocenters. The van der Waals surface area contributed by atoms with E-state index in [1.807, 2.05) is 10.9 Å². The molecule has 0 bridgehead atoms. The van der Waals surface area contributed by atoms with Crippen LogP contribution in [0.15, 0.2) is 40.1 Å². The minimum atomic E-state index is -0.0438. The summed E-state index contributed by atoms with van der Waals surface area (Å²) in [5.41, 5.74) is 0.591. The number of fused-ring (bicyclic) bond motifs is 1. The maximum atomic E-state index is 12.5. The number of rotatable bonds is 2. The van der Waals surface area contributed by atoms with Gasteiger partial charge >= 0.3 is 0 Å². The fourth-order valence-corrected chi connectivity index (χ4v) is 3.35. The molecule has 7 nitrogen and oxygen atoms in total. The summed E-state index contributed by atoms with van der Waals surface area (Å²) >= 11 is 3.43. The Morgan fingerprint density at radius 1 is 1.35 bits per heavy atom. The Kier molecular flexibility index (Phi) is 3.41. The van der Waals surface area contributed by atoms with Crippen LogP contribution >= 0.6 is 15.9 Å². The largest absolute Gasteiger partial charge is 0.340 e. The molecule has 8 heteroatoms. The van der Waals surface area contributed by atoms with E-state index >= 15 is 0 Å². The smallest absolute Gasteiger partial charge is 0.262 e. The van der Waals surface area contributed by atoms with E-state index < -0.39 is 0 Å². The summed E-state index contributed by atoms with van der Waals surface area (Å²) in [4.78, 5) is 23.3. The first-order valence-corrected chi connectivity index (χ1v) is 8.18. The Labute approximate surface area is 140 Å². The Morgan fingerprint density at radius 2 is 2.22 bits per heavy atom. The molecule has 0 amide bonds. The standard InChI is InChI=1S/C15H15BrN6O/c1-20-14(23)12-2-4-17-7-13(12)19-15(20)21-5-3-11(9-21)22-8-10(16)6-18-22/h2,4,6-8,11H,3,5,9H2,1H3. The first kappa shape index (κ1) is 14.4. The summed E-state index contributed by atoms with van der Waals surface area (Å²) in [7, 11) is 1.77.